The SMILES string of the molecule is Nc1ncnc2c1c(-c1ccc(Oc3ccccc3)cc1)nn2C1CCN(C(=O)CCCCCSc2cc(F)c3c(c2)C(=O)N(C2CCC(=O)NC2=O)C3=O)CC1. The number of amides is 5. The molecular weight excluding hydrogens is 752 g/mol. The number of fused-ring (bicyclic) bond motifs is 2. The number of nitrogens with zero attached hydrogens (tertiary/aromatic N) is 6. The lowest BCUT2D eigenvalue weighted by atomic mass is 10.0. The van der Waals surface area contributed by atoms with Crippen LogP contribution < -0.4 is 15.8 Å². The number of halogens is 1. The molecule has 8 rings (SSSR count). The molecule has 2 saturated heterocycles. The summed E-state index contributed by atoms with van der Waals surface area (Å²) in [5, 5.41) is 7.82. The summed E-state index contributed by atoms with van der Waals surface area (Å²) >= 11 is 1.36. The summed E-state index contributed by atoms with van der Waals surface area (Å²) < 4.78 is 23.0. The van der Waals surface area contributed by atoms with Crippen molar-refractivity contribution in [3.63, 3.8) is 0 Å². The highest BCUT2D eigenvalue weighted by Gasteiger charge is 2.46. The predicted octanol–water partition coefficient (Wildman–Crippen LogP) is 5.92. The third-order valence-corrected chi connectivity index (χ3v) is 11.6. The molecular formula is C41H39FN8O6S. The second-order valence-corrected chi connectivity index (χ2v) is 15.4. The highest BCUT2D eigenvalue weighted by Crippen LogP contribution is 2.36. The van der Waals surface area contributed by atoms with E-state index < -0.39 is 35.5 Å². The maximum atomic E-state index is 15.1. The van der Waals surface area contributed by atoms with Crippen LogP contribution in [-0.4, -0.2) is 84.0 Å². The van der Waals surface area contributed by atoms with E-state index in [1.165, 1.54) is 30.2 Å². The van der Waals surface area contributed by atoms with Crippen LogP contribution in [0.25, 0.3) is 22.3 Å². The number of unbranched alkanes of at least 4 members (excludes halogenated alkanes) is 2. The molecule has 16 heteroatoms. The van der Waals surface area contributed by atoms with Crippen LogP contribution in [0.4, 0.5) is 10.2 Å². The smallest absolute Gasteiger partial charge is 0.265 e. The highest BCUT2D eigenvalue weighted by molar-refractivity contribution is 7.99. The minimum Gasteiger partial charge on any atom is -0.457 e. The van der Waals surface area contributed by atoms with E-state index in [0.717, 1.165) is 29.1 Å². The molecule has 1 unspecified atom stereocenters. The van der Waals surface area contributed by atoms with Gasteiger partial charge in [-0.05, 0) is 86.4 Å². The summed E-state index contributed by atoms with van der Waals surface area (Å²) in [6, 6.07) is 18.8. The van der Waals surface area contributed by atoms with Crippen molar-refractivity contribution in [2.75, 3.05) is 24.6 Å². The van der Waals surface area contributed by atoms with Gasteiger partial charge in [-0.3, -0.25) is 34.2 Å². The van der Waals surface area contributed by atoms with Gasteiger partial charge in [-0.2, -0.15) is 5.10 Å². The number of imide groups is 2. The monoisotopic (exact) mass is 790 g/mol. The minimum atomic E-state index is -1.16. The molecule has 3 aromatic carbocycles. The van der Waals surface area contributed by atoms with Gasteiger partial charge in [0.2, 0.25) is 17.7 Å². The first kappa shape index (κ1) is 37.7. The second-order valence-electron chi connectivity index (χ2n) is 14.2. The van der Waals surface area contributed by atoms with Crippen LogP contribution in [0.3, 0.4) is 0 Å². The average molecular weight is 791 g/mol. The first-order valence-corrected chi connectivity index (χ1v) is 19.9. The molecule has 2 aromatic heterocycles. The van der Waals surface area contributed by atoms with Crippen molar-refractivity contribution in [1.82, 2.24) is 34.9 Å². The summed E-state index contributed by atoms with van der Waals surface area (Å²) in [6.45, 7) is 1.18. The summed E-state index contributed by atoms with van der Waals surface area (Å²) in [5.74, 6) is -1.15. The van der Waals surface area contributed by atoms with Crippen molar-refractivity contribution < 1.29 is 33.1 Å². The number of thioether (sulfide) groups is 1. The number of nitrogen functional groups attached to an aromatic ring is 1. The van der Waals surface area contributed by atoms with E-state index in [0.29, 0.717) is 77.7 Å². The number of likely N-dealkylation sites (tertiary alicyclic amines) is 1. The number of nitrogens with two attached hydrogens (primary N) is 1. The normalized spacial score (nSPS) is 17.3. The van der Waals surface area contributed by atoms with Crippen LogP contribution in [0.2, 0.25) is 0 Å². The molecule has 0 spiro atoms. The van der Waals surface area contributed by atoms with Crippen LogP contribution in [0, 0.1) is 5.82 Å². The minimum absolute atomic E-state index is 0.00117. The fourth-order valence-corrected chi connectivity index (χ4v) is 8.60. The molecule has 2 fully saturated rings. The van der Waals surface area contributed by atoms with E-state index in [1.807, 2.05) is 64.2 Å². The fourth-order valence-electron chi connectivity index (χ4n) is 7.63. The Kier molecular flexibility index (Phi) is 10.7. The average Bonchev–Trinajstić information content (AvgIpc) is 3.72. The first-order chi connectivity index (χ1) is 27.7. The van der Waals surface area contributed by atoms with E-state index >= 15 is 4.39 Å². The predicted molar refractivity (Wildman–Crippen MR) is 209 cm³/mol. The van der Waals surface area contributed by atoms with Crippen molar-refractivity contribution in [1.29, 1.82) is 0 Å². The Morgan fingerprint density at radius 3 is 2.42 bits per heavy atom. The van der Waals surface area contributed by atoms with E-state index in [1.54, 1.807) is 0 Å². The van der Waals surface area contributed by atoms with E-state index in [-0.39, 0.29) is 35.9 Å². The Balaban J connectivity index is 0.812. The Hall–Kier alpha value is -6.16. The lowest BCUT2D eigenvalue weighted by Crippen LogP contribution is -2.54. The zero-order valence-corrected chi connectivity index (χ0v) is 31.7. The van der Waals surface area contributed by atoms with Gasteiger partial charge in [0.25, 0.3) is 11.8 Å². The topological polar surface area (TPSA) is 183 Å². The third-order valence-electron chi connectivity index (χ3n) is 10.6. The number of carbonyl (C=O) groups excluding carboxylic acids is 5. The standard InChI is InChI=1S/C41H39FN8O6S/c42-30-22-28(21-29-34(30)41(55)49(40(29)54)31-14-15-32(51)46-39(31)53)57-20-6-2-5-9-33(52)48-18-16-25(17-19-48)50-38-35(37(43)44-23-45-38)36(47-50)24-10-12-27(13-11-24)56-26-7-3-1-4-8-26/h1,3-4,7-8,10-13,21-23,25,31H,2,5-6,9,14-20H2,(H2,43,44,45)(H,46,51,53). The quantitative estimate of drug-likeness (QED) is 0.0869. The number of rotatable bonds is 12. The lowest BCUT2D eigenvalue weighted by Gasteiger charge is -2.32. The van der Waals surface area contributed by atoms with E-state index in [2.05, 4.69) is 15.3 Å². The summed E-state index contributed by atoms with van der Waals surface area (Å²) in [7, 11) is 0. The number of hydrogen-bond acceptors (Lipinski definition) is 11. The zero-order chi connectivity index (χ0) is 39.6. The molecule has 3 aliphatic heterocycles. The van der Waals surface area contributed by atoms with Gasteiger partial charge < -0.3 is 15.4 Å². The first-order valence-electron chi connectivity index (χ1n) is 18.9. The Labute approximate surface area is 331 Å². The van der Waals surface area contributed by atoms with Crippen LogP contribution in [0.15, 0.2) is 78.0 Å². The summed E-state index contributed by atoms with van der Waals surface area (Å²) in [4.78, 5) is 75.1. The Bertz CT molecular complexity index is 2380. The van der Waals surface area contributed by atoms with Crippen molar-refractivity contribution in [3.05, 3.63) is 90.0 Å². The number of piperidine rings is 2. The number of carbonyl (C=O) groups is 5. The van der Waals surface area contributed by atoms with E-state index in [9.17, 15) is 24.0 Å². The van der Waals surface area contributed by atoms with Gasteiger partial charge >= 0.3 is 0 Å². The van der Waals surface area contributed by atoms with Crippen LogP contribution >= 0.6 is 11.8 Å². The van der Waals surface area contributed by atoms with Gasteiger partial charge in [0.1, 0.15) is 41.2 Å². The van der Waals surface area contributed by atoms with Gasteiger partial charge in [0.05, 0.1) is 22.6 Å². The lowest BCUT2D eigenvalue weighted by molar-refractivity contribution is -0.136. The number of nitrogens with one attached hydrogen (secondary N) is 1. The van der Waals surface area contributed by atoms with Gasteiger partial charge in [0, 0.05) is 36.4 Å². The second kappa shape index (κ2) is 16.1. The maximum Gasteiger partial charge on any atom is 0.265 e. The van der Waals surface area contributed by atoms with Crippen molar-refractivity contribution in [2.45, 2.75) is 68.3 Å². The highest BCUT2D eigenvalue weighted by atomic mass is 32.2. The number of hydrogen-bond donors (Lipinski definition) is 2. The summed E-state index contributed by atoms with van der Waals surface area (Å²) in [5.41, 5.74) is 8.13. The zero-order valence-electron chi connectivity index (χ0n) is 30.9. The van der Waals surface area contributed by atoms with Crippen LogP contribution in [-0.2, 0) is 14.4 Å². The molecule has 5 heterocycles. The molecule has 57 heavy (non-hydrogen) atoms. The third kappa shape index (κ3) is 7.68. The molecule has 3 N–H and O–H groups in total. The molecule has 0 saturated carbocycles. The van der Waals surface area contributed by atoms with Crippen molar-refractivity contribution in [2.24, 2.45) is 0 Å². The van der Waals surface area contributed by atoms with Gasteiger partial charge in [-0.15, -0.1) is 11.8 Å². The van der Waals surface area contributed by atoms with Crippen molar-refractivity contribution in [3.8, 4) is 22.8 Å². The molecule has 1 atom stereocenters. The largest absolute Gasteiger partial charge is 0.457 e. The molecule has 5 aromatic rings. The molecule has 3 aliphatic rings. The molecule has 0 radical (unpaired) electrons. The fraction of sp³-hybridized carbons (Fsp3) is 0.317. The number of anilines is 1. The van der Waals surface area contributed by atoms with E-state index in [4.69, 9.17) is 15.6 Å². The van der Waals surface area contributed by atoms with Crippen molar-refractivity contribution >= 4 is 58.1 Å². The number of ether oxygens (including phenoxy) is 1. The number of benzene rings is 3. The Morgan fingerprint density at radius 2 is 1.67 bits per heavy atom. The van der Waals surface area contributed by atoms with Crippen LogP contribution in [0.1, 0.15) is 78.1 Å². The Morgan fingerprint density at radius 1 is 0.912 bits per heavy atom. The number of para-hydroxylation sites is 1. The molecule has 5 amide bonds. The molecule has 0 aliphatic carbocycles. The van der Waals surface area contributed by atoms with Gasteiger partial charge in [-0.25, -0.2) is 19.0 Å². The molecule has 292 valence electrons. The maximum absolute atomic E-state index is 15.1. The van der Waals surface area contributed by atoms with Gasteiger partial charge in [0.15, 0.2) is 5.65 Å². The summed E-state index contributed by atoms with van der Waals surface area (Å²) in [6.07, 6.45) is 5.51. The van der Waals surface area contributed by atoms with Gasteiger partial charge in [-0.1, -0.05) is 24.6 Å². The molecule has 14 nitrogen and oxygen atoms in total. The molecule has 0 bridgehead atoms. The number of aromatic nitrogens is 4. The van der Waals surface area contributed by atoms with Crippen LogP contribution in [0.5, 0.6) is 11.5 Å².